The molecule has 2 aromatic rings. The molecule has 1 aromatic carbocycles. The standard InChI is InChI=1S/C11H10FIN4/c1-6-2-3-7(4-9(6)13)16-10-8(12)5-15-11(14)17-10/h2-5H,1H3,(H3,14,15,16,17). The maximum absolute atomic E-state index is 13.4. The van der Waals surface area contributed by atoms with Gasteiger partial charge in [0.2, 0.25) is 5.95 Å². The van der Waals surface area contributed by atoms with Crippen molar-refractivity contribution >= 4 is 40.0 Å². The van der Waals surface area contributed by atoms with Gasteiger partial charge in [0.05, 0.1) is 6.20 Å². The van der Waals surface area contributed by atoms with Gasteiger partial charge in [0.25, 0.3) is 0 Å². The van der Waals surface area contributed by atoms with Crippen molar-refractivity contribution in [2.24, 2.45) is 0 Å². The highest BCUT2D eigenvalue weighted by molar-refractivity contribution is 14.1. The number of halogens is 2. The van der Waals surface area contributed by atoms with Gasteiger partial charge in [-0.25, -0.2) is 9.37 Å². The zero-order chi connectivity index (χ0) is 12.4. The van der Waals surface area contributed by atoms with Crippen LogP contribution in [0.5, 0.6) is 0 Å². The minimum Gasteiger partial charge on any atom is -0.368 e. The van der Waals surface area contributed by atoms with Crippen molar-refractivity contribution in [3.63, 3.8) is 0 Å². The average Bonchev–Trinajstić information content (AvgIpc) is 2.29. The Balaban J connectivity index is 2.31. The van der Waals surface area contributed by atoms with E-state index in [1.807, 2.05) is 25.1 Å². The Kier molecular flexibility index (Phi) is 3.41. The van der Waals surface area contributed by atoms with Crippen LogP contribution in [0.25, 0.3) is 0 Å². The van der Waals surface area contributed by atoms with Crippen LogP contribution in [0, 0.1) is 16.3 Å². The molecule has 0 fully saturated rings. The largest absolute Gasteiger partial charge is 0.368 e. The molecule has 0 radical (unpaired) electrons. The Bertz CT molecular complexity index is 559. The summed E-state index contributed by atoms with van der Waals surface area (Å²) in [6.07, 6.45) is 1.05. The fourth-order valence-corrected chi connectivity index (χ4v) is 1.79. The first-order valence-electron chi connectivity index (χ1n) is 4.87. The Morgan fingerprint density at radius 3 is 2.88 bits per heavy atom. The van der Waals surface area contributed by atoms with Gasteiger partial charge in [0, 0.05) is 9.26 Å². The quantitative estimate of drug-likeness (QED) is 0.823. The Hall–Kier alpha value is -1.44. The van der Waals surface area contributed by atoms with E-state index >= 15 is 0 Å². The number of nitrogens with two attached hydrogens (primary N) is 1. The van der Waals surface area contributed by atoms with Crippen LogP contribution >= 0.6 is 22.6 Å². The molecule has 88 valence electrons. The van der Waals surface area contributed by atoms with E-state index in [4.69, 9.17) is 5.73 Å². The SMILES string of the molecule is Cc1ccc(Nc2nc(N)ncc2F)cc1I. The van der Waals surface area contributed by atoms with E-state index in [1.165, 1.54) is 5.56 Å². The van der Waals surface area contributed by atoms with E-state index in [0.29, 0.717) is 0 Å². The summed E-state index contributed by atoms with van der Waals surface area (Å²) in [5, 5.41) is 2.87. The summed E-state index contributed by atoms with van der Waals surface area (Å²) in [5.41, 5.74) is 7.33. The van der Waals surface area contributed by atoms with Gasteiger partial charge < -0.3 is 11.1 Å². The molecule has 0 bridgehead atoms. The van der Waals surface area contributed by atoms with Crippen LogP contribution in [-0.2, 0) is 0 Å². The van der Waals surface area contributed by atoms with E-state index < -0.39 is 5.82 Å². The van der Waals surface area contributed by atoms with E-state index in [1.54, 1.807) is 0 Å². The molecular formula is C11H10FIN4. The molecule has 0 aliphatic heterocycles. The van der Waals surface area contributed by atoms with Crippen LogP contribution in [0.3, 0.4) is 0 Å². The molecule has 0 aliphatic rings. The zero-order valence-electron chi connectivity index (χ0n) is 9.04. The number of nitrogens with zero attached hydrogens (tertiary/aromatic N) is 2. The normalized spacial score (nSPS) is 10.3. The number of nitrogens with one attached hydrogen (secondary N) is 1. The summed E-state index contributed by atoms with van der Waals surface area (Å²) >= 11 is 2.22. The predicted octanol–water partition coefficient (Wildman–Crippen LogP) is 2.85. The number of rotatable bonds is 2. The first-order valence-corrected chi connectivity index (χ1v) is 5.95. The van der Waals surface area contributed by atoms with Crippen LogP contribution in [0.15, 0.2) is 24.4 Å². The summed E-state index contributed by atoms with van der Waals surface area (Å²) in [6.45, 7) is 2.01. The Morgan fingerprint density at radius 2 is 2.18 bits per heavy atom. The number of hydrogen-bond donors (Lipinski definition) is 2. The summed E-state index contributed by atoms with van der Waals surface area (Å²) in [7, 11) is 0. The summed E-state index contributed by atoms with van der Waals surface area (Å²) in [4.78, 5) is 7.36. The fraction of sp³-hybridized carbons (Fsp3) is 0.0909. The second-order valence-electron chi connectivity index (χ2n) is 3.51. The Morgan fingerprint density at radius 1 is 1.41 bits per heavy atom. The lowest BCUT2D eigenvalue weighted by molar-refractivity contribution is 0.620. The second-order valence-corrected chi connectivity index (χ2v) is 4.68. The number of aromatic nitrogens is 2. The first kappa shape index (κ1) is 12.0. The summed E-state index contributed by atoms with van der Waals surface area (Å²) in [6, 6.07) is 5.72. The van der Waals surface area contributed by atoms with Crippen LogP contribution in [0.2, 0.25) is 0 Å². The van der Waals surface area contributed by atoms with Crippen molar-refractivity contribution in [1.82, 2.24) is 9.97 Å². The molecule has 0 aliphatic carbocycles. The molecule has 4 nitrogen and oxygen atoms in total. The predicted molar refractivity (Wildman–Crippen MR) is 73.6 cm³/mol. The highest BCUT2D eigenvalue weighted by Gasteiger charge is 2.06. The number of anilines is 3. The number of hydrogen-bond acceptors (Lipinski definition) is 4. The van der Waals surface area contributed by atoms with Crippen molar-refractivity contribution in [2.75, 3.05) is 11.1 Å². The maximum Gasteiger partial charge on any atom is 0.222 e. The van der Waals surface area contributed by atoms with Crippen molar-refractivity contribution in [3.8, 4) is 0 Å². The highest BCUT2D eigenvalue weighted by Crippen LogP contribution is 2.21. The zero-order valence-corrected chi connectivity index (χ0v) is 11.2. The molecule has 0 spiro atoms. The monoisotopic (exact) mass is 344 g/mol. The van der Waals surface area contributed by atoms with Crippen LogP contribution in [0.4, 0.5) is 21.8 Å². The molecule has 0 atom stereocenters. The maximum atomic E-state index is 13.4. The van der Waals surface area contributed by atoms with Crippen molar-refractivity contribution in [3.05, 3.63) is 39.3 Å². The van der Waals surface area contributed by atoms with Gasteiger partial charge in [0.15, 0.2) is 11.6 Å². The smallest absolute Gasteiger partial charge is 0.222 e. The second kappa shape index (κ2) is 4.82. The van der Waals surface area contributed by atoms with Gasteiger partial charge in [0.1, 0.15) is 0 Å². The molecule has 0 saturated heterocycles. The number of nitrogen functional groups attached to an aromatic ring is 1. The molecule has 0 saturated carbocycles. The third kappa shape index (κ3) is 2.82. The lowest BCUT2D eigenvalue weighted by atomic mass is 10.2. The number of benzene rings is 1. The summed E-state index contributed by atoms with van der Waals surface area (Å²) in [5.74, 6) is -0.414. The minimum absolute atomic E-state index is 0.0377. The van der Waals surface area contributed by atoms with Gasteiger partial charge in [-0.1, -0.05) is 6.07 Å². The molecule has 2 rings (SSSR count). The third-order valence-corrected chi connectivity index (χ3v) is 3.36. The van der Waals surface area contributed by atoms with Crippen molar-refractivity contribution in [2.45, 2.75) is 6.92 Å². The fourth-order valence-electron chi connectivity index (χ4n) is 1.28. The molecule has 17 heavy (non-hydrogen) atoms. The highest BCUT2D eigenvalue weighted by atomic mass is 127. The van der Waals surface area contributed by atoms with Crippen LogP contribution < -0.4 is 11.1 Å². The van der Waals surface area contributed by atoms with Gasteiger partial charge in [-0.3, -0.25) is 0 Å². The van der Waals surface area contributed by atoms with Gasteiger partial charge in [-0.2, -0.15) is 4.98 Å². The molecule has 3 N–H and O–H groups in total. The first-order chi connectivity index (χ1) is 8.06. The lowest BCUT2D eigenvalue weighted by Gasteiger charge is -2.08. The van der Waals surface area contributed by atoms with E-state index in [-0.39, 0.29) is 11.8 Å². The molecule has 1 heterocycles. The lowest BCUT2D eigenvalue weighted by Crippen LogP contribution is -2.02. The molecule has 1 aromatic heterocycles. The Labute approximate surface area is 112 Å². The van der Waals surface area contributed by atoms with Crippen LogP contribution in [0.1, 0.15) is 5.56 Å². The number of aryl methyl sites for hydroxylation is 1. The average molecular weight is 344 g/mol. The van der Waals surface area contributed by atoms with E-state index in [2.05, 4.69) is 37.9 Å². The topological polar surface area (TPSA) is 63.8 Å². The minimum atomic E-state index is -0.533. The van der Waals surface area contributed by atoms with Gasteiger partial charge >= 0.3 is 0 Å². The van der Waals surface area contributed by atoms with Gasteiger partial charge in [-0.15, -0.1) is 0 Å². The van der Waals surface area contributed by atoms with Crippen LogP contribution in [-0.4, -0.2) is 9.97 Å². The molecule has 0 amide bonds. The van der Waals surface area contributed by atoms with Gasteiger partial charge in [-0.05, 0) is 47.2 Å². The van der Waals surface area contributed by atoms with E-state index in [9.17, 15) is 4.39 Å². The van der Waals surface area contributed by atoms with Crippen molar-refractivity contribution < 1.29 is 4.39 Å². The third-order valence-electron chi connectivity index (χ3n) is 2.20. The van der Waals surface area contributed by atoms with Crippen molar-refractivity contribution in [1.29, 1.82) is 0 Å². The van der Waals surface area contributed by atoms with E-state index in [0.717, 1.165) is 15.5 Å². The molecule has 0 unspecified atom stereocenters. The molecular weight excluding hydrogens is 334 g/mol. The summed E-state index contributed by atoms with van der Waals surface area (Å²) < 4.78 is 14.5. The molecule has 6 heteroatoms.